The Labute approximate surface area is 153 Å². The molecule has 2 fully saturated rings. The van der Waals surface area contributed by atoms with Gasteiger partial charge in [0, 0.05) is 39.8 Å². The van der Waals surface area contributed by atoms with Crippen molar-refractivity contribution in [2.45, 2.75) is 13.5 Å². The van der Waals surface area contributed by atoms with Crippen LogP contribution >= 0.6 is 0 Å². The molecule has 0 aromatic carbocycles. The maximum absolute atomic E-state index is 12.1. The van der Waals surface area contributed by atoms with Crippen molar-refractivity contribution in [3.63, 3.8) is 0 Å². The summed E-state index contributed by atoms with van der Waals surface area (Å²) < 4.78 is 33.0. The fraction of sp³-hybridized carbons (Fsp3) is 0.688. The first-order chi connectivity index (χ1) is 12.5. The highest BCUT2D eigenvalue weighted by atomic mass is 32.2. The van der Waals surface area contributed by atoms with E-state index in [9.17, 15) is 8.42 Å². The third kappa shape index (κ3) is 2.95. The fourth-order valence-electron chi connectivity index (χ4n) is 3.99. The lowest BCUT2D eigenvalue weighted by atomic mass is 10.0. The first-order valence-electron chi connectivity index (χ1n) is 8.91. The molecule has 2 atom stereocenters. The molecule has 4 rings (SSSR count). The van der Waals surface area contributed by atoms with E-state index < -0.39 is 10.0 Å². The smallest absolute Gasteiger partial charge is 0.213 e. The average molecular weight is 380 g/mol. The van der Waals surface area contributed by atoms with E-state index in [1.165, 1.54) is 0 Å². The van der Waals surface area contributed by atoms with Gasteiger partial charge in [-0.25, -0.2) is 27.7 Å². The van der Waals surface area contributed by atoms with Gasteiger partial charge in [-0.1, -0.05) is 0 Å². The van der Waals surface area contributed by atoms with Gasteiger partial charge in [0.25, 0.3) is 0 Å². The molecule has 0 N–H and O–H groups in total. The Morgan fingerprint density at radius 1 is 1.15 bits per heavy atom. The molecule has 0 amide bonds. The number of imidazole rings is 1. The highest BCUT2D eigenvalue weighted by molar-refractivity contribution is 7.89. The molecule has 9 nitrogen and oxygen atoms in total. The largest absolute Gasteiger partial charge is 0.383 e. The summed E-state index contributed by atoms with van der Waals surface area (Å²) in [5.74, 6) is 1.70. The summed E-state index contributed by atoms with van der Waals surface area (Å²) in [7, 11) is -1.43. The van der Waals surface area contributed by atoms with Gasteiger partial charge in [-0.3, -0.25) is 0 Å². The normalized spacial score (nSPS) is 23.8. The average Bonchev–Trinajstić information content (AvgIpc) is 3.32. The van der Waals surface area contributed by atoms with Crippen LogP contribution in [0.25, 0.3) is 11.2 Å². The van der Waals surface area contributed by atoms with Crippen LogP contribution in [0, 0.1) is 11.8 Å². The van der Waals surface area contributed by atoms with Crippen molar-refractivity contribution in [1.82, 2.24) is 23.8 Å². The number of nitrogens with zero attached hydrogens (tertiary/aromatic N) is 6. The quantitative estimate of drug-likeness (QED) is 0.706. The predicted octanol–water partition coefficient (Wildman–Crippen LogP) is 0.190. The van der Waals surface area contributed by atoms with Gasteiger partial charge in [-0.05, 0) is 18.8 Å². The van der Waals surface area contributed by atoms with Crippen LogP contribution < -0.4 is 4.90 Å². The Morgan fingerprint density at radius 3 is 2.54 bits per heavy atom. The fourth-order valence-corrected chi connectivity index (χ4v) is 5.19. The van der Waals surface area contributed by atoms with E-state index in [4.69, 9.17) is 4.74 Å². The van der Waals surface area contributed by atoms with Gasteiger partial charge in [-0.15, -0.1) is 0 Å². The summed E-state index contributed by atoms with van der Waals surface area (Å²) in [6.07, 6.45) is 3.35. The molecule has 2 aliphatic rings. The Bertz CT molecular complexity index is 885. The van der Waals surface area contributed by atoms with Crippen LogP contribution in [0.5, 0.6) is 0 Å². The van der Waals surface area contributed by atoms with Crippen LogP contribution in [0.2, 0.25) is 0 Å². The van der Waals surface area contributed by atoms with Crippen molar-refractivity contribution in [3.8, 4) is 0 Å². The zero-order valence-electron chi connectivity index (χ0n) is 15.1. The van der Waals surface area contributed by atoms with Gasteiger partial charge in [0.1, 0.15) is 6.33 Å². The van der Waals surface area contributed by atoms with E-state index in [1.807, 2.05) is 4.57 Å². The number of hydrogen-bond donors (Lipinski definition) is 0. The van der Waals surface area contributed by atoms with E-state index in [0.29, 0.717) is 38.1 Å². The highest BCUT2D eigenvalue weighted by Crippen LogP contribution is 2.36. The molecule has 0 bridgehead atoms. The molecular formula is C16H24N6O3S. The van der Waals surface area contributed by atoms with Crippen LogP contribution in [0.15, 0.2) is 12.7 Å². The number of fused-ring (bicyclic) bond motifs is 2. The number of rotatable bonds is 6. The van der Waals surface area contributed by atoms with Crippen molar-refractivity contribution in [1.29, 1.82) is 0 Å². The van der Waals surface area contributed by atoms with Crippen LogP contribution in [-0.4, -0.2) is 77.9 Å². The SMILES string of the molecule is CCS(=O)(=O)N1CC2CN(c3ncnc4c3ncn4CCOC)CC2C1. The van der Waals surface area contributed by atoms with E-state index in [0.717, 1.165) is 30.1 Å². The lowest BCUT2D eigenvalue weighted by molar-refractivity contribution is 0.188. The van der Waals surface area contributed by atoms with Crippen LogP contribution in [0.4, 0.5) is 5.82 Å². The summed E-state index contributed by atoms with van der Waals surface area (Å²) in [6, 6.07) is 0. The minimum Gasteiger partial charge on any atom is -0.383 e. The Hall–Kier alpha value is -1.78. The first kappa shape index (κ1) is 17.6. The van der Waals surface area contributed by atoms with Gasteiger partial charge in [0.15, 0.2) is 17.0 Å². The molecule has 26 heavy (non-hydrogen) atoms. The molecule has 0 aliphatic carbocycles. The molecule has 0 saturated carbocycles. The van der Waals surface area contributed by atoms with Gasteiger partial charge in [-0.2, -0.15) is 0 Å². The first-order valence-corrected chi connectivity index (χ1v) is 10.5. The van der Waals surface area contributed by atoms with Crippen molar-refractivity contribution in [2.75, 3.05) is 50.5 Å². The molecule has 2 aliphatic heterocycles. The van der Waals surface area contributed by atoms with Gasteiger partial charge >= 0.3 is 0 Å². The third-order valence-corrected chi connectivity index (χ3v) is 7.24. The molecule has 2 aromatic heterocycles. The molecule has 2 aromatic rings. The van der Waals surface area contributed by atoms with Crippen molar-refractivity contribution in [3.05, 3.63) is 12.7 Å². The molecule has 2 unspecified atom stereocenters. The zero-order chi connectivity index (χ0) is 18.3. The van der Waals surface area contributed by atoms with E-state index in [-0.39, 0.29) is 5.75 Å². The second-order valence-electron chi connectivity index (χ2n) is 6.94. The molecule has 4 heterocycles. The number of ether oxygens (including phenoxy) is 1. The zero-order valence-corrected chi connectivity index (χ0v) is 15.9. The van der Waals surface area contributed by atoms with Crippen molar-refractivity contribution in [2.24, 2.45) is 11.8 Å². The maximum Gasteiger partial charge on any atom is 0.213 e. The minimum absolute atomic E-state index is 0.168. The molecular weight excluding hydrogens is 356 g/mol. The number of sulfonamides is 1. The molecule has 10 heteroatoms. The number of anilines is 1. The van der Waals surface area contributed by atoms with Gasteiger partial charge in [0.05, 0.1) is 18.7 Å². The van der Waals surface area contributed by atoms with Crippen LogP contribution in [-0.2, 0) is 21.3 Å². The lowest BCUT2D eigenvalue weighted by Gasteiger charge is -2.21. The molecule has 0 spiro atoms. The summed E-state index contributed by atoms with van der Waals surface area (Å²) in [4.78, 5) is 15.6. The topological polar surface area (TPSA) is 93.5 Å². The van der Waals surface area contributed by atoms with Crippen LogP contribution in [0.1, 0.15) is 6.92 Å². The number of aromatic nitrogens is 4. The highest BCUT2D eigenvalue weighted by Gasteiger charge is 2.44. The molecule has 2 saturated heterocycles. The molecule has 0 radical (unpaired) electrons. The second-order valence-corrected chi connectivity index (χ2v) is 9.20. The Morgan fingerprint density at radius 2 is 1.88 bits per heavy atom. The lowest BCUT2D eigenvalue weighted by Crippen LogP contribution is -2.34. The Kier molecular flexibility index (Phi) is 4.57. The predicted molar refractivity (Wildman–Crippen MR) is 97.4 cm³/mol. The number of hydrogen-bond acceptors (Lipinski definition) is 7. The standard InChI is InChI=1S/C16H24N6O3S/c1-3-26(23,24)22-8-12-6-21(7-13(12)9-22)16-14-15(17-10-18-16)20(11-19-14)4-5-25-2/h10-13H,3-9H2,1-2H3. The van der Waals surface area contributed by atoms with E-state index in [1.54, 1.807) is 31.0 Å². The minimum atomic E-state index is -3.10. The summed E-state index contributed by atoms with van der Waals surface area (Å²) in [5.41, 5.74) is 1.60. The Balaban J connectivity index is 1.53. The summed E-state index contributed by atoms with van der Waals surface area (Å²) in [6.45, 7) is 5.81. The van der Waals surface area contributed by atoms with Crippen molar-refractivity contribution >= 4 is 27.0 Å². The van der Waals surface area contributed by atoms with Gasteiger partial charge < -0.3 is 14.2 Å². The van der Waals surface area contributed by atoms with Crippen LogP contribution in [0.3, 0.4) is 0 Å². The number of methoxy groups -OCH3 is 1. The van der Waals surface area contributed by atoms with E-state index >= 15 is 0 Å². The molecule has 142 valence electrons. The van der Waals surface area contributed by atoms with Gasteiger partial charge in [0.2, 0.25) is 10.0 Å². The second kappa shape index (κ2) is 6.75. The van der Waals surface area contributed by atoms with Crippen molar-refractivity contribution < 1.29 is 13.2 Å². The van der Waals surface area contributed by atoms with E-state index in [2.05, 4.69) is 19.9 Å². The third-order valence-electron chi connectivity index (χ3n) is 5.43. The monoisotopic (exact) mass is 380 g/mol. The summed E-state index contributed by atoms with van der Waals surface area (Å²) in [5, 5.41) is 0. The maximum atomic E-state index is 12.1. The summed E-state index contributed by atoms with van der Waals surface area (Å²) >= 11 is 0.